The van der Waals surface area contributed by atoms with Gasteiger partial charge in [-0.2, -0.15) is 0 Å². The number of rotatable bonds is 1. The number of aliphatic carboxylic acids is 1. The van der Waals surface area contributed by atoms with E-state index < -0.39 is 29.0 Å². The summed E-state index contributed by atoms with van der Waals surface area (Å²) in [7, 11) is 0. The number of hydrogen-bond acceptors (Lipinski definition) is 6. The molecule has 4 rings (SSSR count). The lowest BCUT2D eigenvalue weighted by atomic mass is 9.79. The maximum absolute atomic E-state index is 12.4. The van der Waals surface area contributed by atoms with Crippen molar-refractivity contribution in [2.75, 3.05) is 0 Å². The molecule has 23 heavy (non-hydrogen) atoms. The minimum Gasteiger partial charge on any atom is -0.480 e. The lowest BCUT2D eigenvalue weighted by molar-refractivity contribution is -0.147. The van der Waals surface area contributed by atoms with Crippen molar-refractivity contribution < 1.29 is 19.4 Å². The molecular formula is C15H11NO5S2. The van der Waals surface area contributed by atoms with Gasteiger partial charge in [0.25, 0.3) is 0 Å². The van der Waals surface area contributed by atoms with Gasteiger partial charge in [-0.05, 0) is 13.0 Å². The van der Waals surface area contributed by atoms with E-state index in [0.29, 0.717) is 15.7 Å². The Morgan fingerprint density at radius 3 is 2.87 bits per heavy atom. The average Bonchev–Trinajstić information content (AvgIpc) is 2.86. The number of aryl methyl sites for hydroxylation is 1. The van der Waals surface area contributed by atoms with Crippen molar-refractivity contribution in [1.29, 1.82) is 0 Å². The number of carboxylic acids is 1. The highest BCUT2D eigenvalue weighted by Crippen LogP contribution is 2.53. The highest BCUT2D eigenvalue weighted by molar-refractivity contribution is 8.00. The van der Waals surface area contributed by atoms with Gasteiger partial charge in [0.1, 0.15) is 11.0 Å². The van der Waals surface area contributed by atoms with Gasteiger partial charge >= 0.3 is 16.8 Å². The number of fused-ring (bicyclic) bond motifs is 5. The van der Waals surface area contributed by atoms with Gasteiger partial charge in [0.2, 0.25) is 0 Å². The number of aromatic nitrogens is 1. The molecule has 0 amide bonds. The number of ether oxygens (including phenoxy) is 1. The number of benzene rings is 1. The highest BCUT2D eigenvalue weighted by atomic mass is 32.2. The molecule has 0 aliphatic carbocycles. The summed E-state index contributed by atoms with van der Waals surface area (Å²) >= 11 is 2.04. The van der Waals surface area contributed by atoms with Crippen LogP contribution >= 0.6 is 23.1 Å². The van der Waals surface area contributed by atoms with Gasteiger partial charge < -0.3 is 14.8 Å². The molecule has 0 radical (unpaired) electrons. The lowest BCUT2D eigenvalue weighted by Crippen LogP contribution is -2.44. The largest absolute Gasteiger partial charge is 0.480 e. The van der Waals surface area contributed by atoms with E-state index in [4.69, 9.17) is 4.74 Å². The Kier molecular flexibility index (Phi) is 3.14. The topological polar surface area (TPSA) is 96.5 Å². The van der Waals surface area contributed by atoms with Crippen molar-refractivity contribution in [1.82, 2.24) is 4.98 Å². The van der Waals surface area contributed by atoms with Crippen LogP contribution in [0.2, 0.25) is 0 Å². The van der Waals surface area contributed by atoms with Crippen LogP contribution in [0.1, 0.15) is 21.9 Å². The predicted molar refractivity (Wildman–Crippen MR) is 84.4 cm³/mol. The second-order valence-electron chi connectivity index (χ2n) is 5.55. The summed E-state index contributed by atoms with van der Waals surface area (Å²) < 4.78 is 5.36. The van der Waals surface area contributed by atoms with Crippen molar-refractivity contribution in [3.05, 3.63) is 43.9 Å². The Balaban J connectivity index is 2.00. The summed E-state index contributed by atoms with van der Waals surface area (Å²) in [6.07, 6.45) is 0. The van der Waals surface area contributed by atoms with Crippen LogP contribution < -0.4 is 9.61 Å². The number of thiazole rings is 1. The number of nitrogens with one attached hydrogen (secondary N) is 1. The normalized spacial score (nSPS) is 25.1. The minimum atomic E-state index is -1.09. The molecule has 118 valence electrons. The quantitative estimate of drug-likeness (QED) is 0.604. The summed E-state index contributed by atoms with van der Waals surface area (Å²) in [5.74, 6) is -2.52. The van der Waals surface area contributed by atoms with Crippen LogP contribution in [0.5, 0.6) is 5.75 Å². The summed E-state index contributed by atoms with van der Waals surface area (Å²) in [5, 5.41) is 9.06. The van der Waals surface area contributed by atoms with E-state index in [0.717, 1.165) is 34.2 Å². The van der Waals surface area contributed by atoms with E-state index in [2.05, 4.69) is 4.98 Å². The molecule has 3 atom stereocenters. The van der Waals surface area contributed by atoms with Crippen molar-refractivity contribution >= 4 is 35.0 Å². The fourth-order valence-electron chi connectivity index (χ4n) is 3.14. The highest BCUT2D eigenvalue weighted by Gasteiger charge is 2.51. The number of hydrogen-bond donors (Lipinski definition) is 2. The van der Waals surface area contributed by atoms with Crippen LogP contribution in [0.4, 0.5) is 0 Å². The first-order chi connectivity index (χ1) is 11.0. The zero-order valence-electron chi connectivity index (χ0n) is 11.9. The molecule has 2 N–H and O–H groups in total. The second kappa shape index (κ2) is 4.97. The Labute approximate surface area is 138 Å². The molecule has 0 saturated carbocycles. The number of carbonyl (C=O) groups is 2. The van der Waals surface area contributed by atoms with Gasteiger partial charge in [0, 0.05) is 16.4 Å². The first-order valence-electron chi connectivity index (χ1n) is 6.90. The van der Waals surface area contributed by atoms with Gasteiger partial charge in [0.15, 0.2) is 0 Å². The van der Waals surface area contributed by atoms with Crippen LogP contribution in [0.25, 0.3) is 0 Å². The lowest BCUT2D eigenvalue weighted by Gasteiger charge is -2.37. The molecule has 1 aromatic heterocycles. The Bertz CT molecular complexity index is 900. The number of esters is 1. The van der Waals surface area contributed by atoms with E-state index in [9.17, 15) is 19.5 Å². The van der Waals surface area contributed by atoms with Crippen molar-refractivity contribution in [3.63, 3.8) is 0 Å². The second-order valence-corrected chi connectivity index (χ2v) is 7.72. The third-order valence-corrected chi connectivity index (χ3v) is 6.48. The first kappa shape index (κ1) is 14.5. The van der Waals surface area contributed by atoms with Gasteiger partial charge in [0.05, 0.1) is 10.9 Å². The zero-order valence-corrected chi connectivity index (χ0v) is 13.5. The number of carbonyl (C=O) groups excluding carboxylic acids is 1. The molecule has 6 nitrogen and oxygen atoms in total. The summed E-state index contributed by atoms with van der Waals surface area (Å²) in [4.78, 5) is 39.0. The Morgan fingerprint density at radius 1 is 1.35 bits per heavy atom. The summed E-state index contributed by atoms with van der Waals surface area (Å²) in [6.45, 7) is 1.92. The van der Waals surface area contributed by atoms with Gasteiger partial charge in [-0.3, -0.25) is 14.4 Å². The molecule has 2 aliphatic rings. The van der Waals surface area contributed by atoms with E-state index in [1.165, 1.54) is 0 Å². The maximum atomic E-state index is 12.4. The van der Waals surface area contributed by atoms with Crippen LogP contribution in [-0.2, 0) is 9.59 Å². The van der Waals surface area contributed by atoms with Crippen molar-refractivity contribution in [2.45, 2.75) is 23.1 Å². The van der Waals surface area contributed by atoms with E-state index in [1.807, 2.05) is 19.1 Å². The molecule has 2 aromatic rings. The fraction of sp³-hybridized carbons (Fsp3) is 0.267. The molecular weight excluding hydrogens is 338 g/mol. The summed E-state index contributed by atoms with van der Waals surface area (Å²) in [5.41, 5.74) is 1.74. The third kappa shape index (κ3) is 2.13. The Hall–Kier alpha value is -2.06. The molecule has 0 fully saturated rings. The van der Waals surface area contributed by atoms with Crippen molar-refractivity contribution in [2.24, 2.45) is 5.92 Å². The SMILES string of the molecule is Cc1ccc2c(c1)[C@@H]1c3sc(=O)[nH]c3S[C@@H](C(=O)O)[C@@H]1C(=O)O2. The smallest absolute Gasteiger partial charge is 0.317 e. The van der Waals surface area contributed by atoms with Crippen LogP contribution in [-0.4, -0.2) is 27.3 Å². The molecule has 0 saturated heterocycles. The van der Waals surface area contributed by atoms with Crippen LogP contribution in [0.15, 0.2) is 28.0 Å². The molecule has 2 aliphatic heterocycles. The average molecular weight is 349 g/mol. The predicted octanol–water partition coefficient (Wildman–Crippen LogP) is 1.97. The van der Waals surface area contributed by atoms with Gasteiger partial charge in [-0.25, -0.2) is 0 Å². The van der Waals surface area contributed by atoms with E-state index in [1.54, 1.807) is 6.07 Å². The van der Waals surface area contributed by atoms with Gasteiger partial charge in [-0.1, -0.05) is 40.8 Å². The maximum Gasteiger partial charge on any atom is 0.317 e. The molecule has 0 spiro atoms. The zero-order chi connectivity index (χ0) is 16.3. The van der Waals surface area contributed by atoms with Crippen LogP contribution in [0.3, 0.4) is 0 Å². The molecule has 1 aromatic carbocycles. The number of thioether (sulfide) groups is 1. The third-order valence-electron chi connectivity index (χ3n) is 4.08. The number of carboxylic acid groups (broad SMARTS) is 1. The first-order valence-corrected chi connectivity index (χ1v) is 8.60. The summed E-state index contributed by atoms with van der Waals surface area (Å²) in [6, 6.07) is 5.44. The molecule has 8 heteroatoms. The fourth-order valence-corrected chi connectivity index (χ4v) is 5.53. The number of H-pyrrole nitrogens is 1. The molecule has 0 bridgehead atoms. The van der Waals surface area contributed by atoms with Gasteiger partial charge in [-0.15, -0.1) is 0 Å². The van der Waals surface area contributed by atoms with Crippen LogP contribution in [0, 0.1) is 12.8 Å². The van der Waals surface area contributed by atoms with Crippen molar-refractivity contribution in [3.8, 4) is 5.75 Å². The number of aromatic amines is 1. The monoisotopic (exact) mass is 349 g/mol. The standard InChI is InChI=1S/C15H11NO5S2/c1-5-2-3-7-6(4-5)8-9(14(19)21-7)11(13(17)18)22-12-10(8)23-15(20)16-12/h2-4,8-9,11H,1H3,(H,16,20)(H,17,18)/t8-,9+,11+/m0/s1. The van der Waals surface area contributed by atoms with E-state index in [-0.39, 0.29) is 4.87 Å². The molecule has 3 heterocycles. The minimum absolute atomic E-state index is 0.250. The Morgan fingerprint density at radius 2 is 2.13 bits per heavy atom. The molecule has 0 unspecified atom stereocenters. The van der Waals surface area contributed by atoms with E-state index >= 15 is 0 Å².